The molecule has 6 heteroatoms. The van der Waals surface area contributed by atoms with Gasteiger partial charge in [0.25, 0.3) is 5.91 Å². The smallest absolute Gasteiger partial charge is 0.341 e. The van der Waals surface area contributed by atoms with Gasteiger partial charge < -0.3 is 10.1 Å². The number of likely N-dealkylation sites (N-methyl/N-ethyl adjacent to an activating group) is 1. The van der Waals surface area contributed by atoms with E-state index in [1.54, 1.807) is 0 Å². The van der Waals surface area contributed by atoms with E-state index in [1.807, 2.05) is 54.6 Å². The van der Waals surface area contributed by atoms with Crippen molar-refractivity contribution in [2.75, 3.05) is 25.5 Å². The summed E-state index contributed by atoms with van der Waals surface area (Å²) in [6.45, 7) is 4.78. The first-order valence-corrected chi connectivity index (χ1v) is 10.8. The highest BCUT2D eigenvalue weighted by Gasteiger charge is 2.29. The molecule has 0 radical (unpaired) electrons. The molecule has 0 aliphatic carbocycles. The molecule has 2 heterocycles. The lowest BCUT2D eigenvalue weighted by molar-refractivity contribution is 0.0600. The van der Waals surface area contributed by atoms with Crippen LogP contribution >= 0.6 is 11.3 Å². The lowest BCUT2D eigenvalue weighted by Gasteiger charge is -2.25. The molecule has 30 heavy (non-hydrogen) atoms. The summed E-state index contributed by atoms with van der Waals surface area (Å²) in [5.74, 6) is -0.627. The van der Waals surface area contributed by atoms with Crippen LogP contribution in [-0.4, -0.2) is 37.0 Å². The summed E-state index contributed by atoms with van der Waals surface area (Å²) in [5.41, 5.74) is 4.21. The summed E-state index contributed by atoms with van der Waals surface area (Å²) in [7, 11) is 1.38. The summed E-state index contributed by atoms with van der Waals surface area (Å²) < 4.78 is 5.01. The van der Waals surface area contributed by atoms with Crippen molar-refractivity contribution in [2.45, 2.75) is 19.9 Å². The van der Waals surface area contributed by atoms with Gasteiger partial charge in [-0.05, 0) is 41.8 Å². The first-order chi connectivity index (χ1) is 14.6. The van der Waals surface area contributed by atoms with E-state index in [0.717, 1.165) is 47.6 Å². The molecule has 1 aliphatic rings. The number of thiophene rings is 1. The number of carbonyl (C=O) groups is 2. The summed E-state index contributed by atoms with van der Waals surface area (Å²) >= 11 is 1.47. The lowest BCUT2D eigenvalue weighted by atomic mass is 10.0. The number of anilines is 1. The number of fused-ring (bicyclic) bond motifs is 1. The summed E-state index contributed by atoms with van der Waals surface area (Å²) in [6.07, 6.45) is 0.783. The van der Waals surface area contributed by atoms with Crippen LogP contribution in [0.15, 0.2) is 54.6 Å². The van der Waals surface area contributed by atoms with Crippen LogP contribution in [0.4, 0.5) is 5.00 Å². The molecule has 1 amide bonds. The van der Waals surface area contributed by atoms with Gasteiger partial charge in [0.2, 0.25) is 0 Å². The Morgan fingerprint density at radius 3 is 2.43 bits per heavy atom. The quantitative estimate of drug-likeness (QED) is 0.601. The molecule has 4 rings (SSSR count). The van der Waals surface area contributed by atoms with Crippen molar-refractivity contribution < 1.29 is 14.3 Å². The zero-order chi connectivity index (χ0) is 21.1. The number of rotatable bonds is 5. The highest BCUT2D eigenvalue weighted by Crippen LogP contribution is 2.37. The molecule has 2 aromatic carbocycles. The van der Waals surface area contributed by atoms with Gasteiger partial charge in [-0.25, -0.2) is 4.79 Å². The number of methoxy groups -OCH3 is 1. The molecule has 1 aromatic heterocycles. The summed E-state index contributed by atoms with van der Waals surface area (Å²) in [6, 6.07) is 17.5. The number of nitrogens with one attached hydrogen (secondary N) is 1. The van der Waals surface area contributed by atoms with Gasteiger partial charge in [-0.1, -0.05) is 49.4 Å². The molecule has 1 N–H and O–H groups in total. The van der Waals surface area contributed by atoms with Crippen molar-refractivity contribution in [3.63, 3.8) is 0 Å². The predicted molar refractivity (Wildman–Crippen MR) is 120 cm³/mol. The largest absolute Gasteiger partial charge is 0.465 e. The van der Waals surface area contributed by atoms with E-state index < -0.39 is 5.97 Å². The molecular formula is C24H24N2O3S. The molecule has 0 saturated heterocycles. The van der Waals surface area contributed by atoms with Gasteiger partial charge in [0, 0.05) is 23.5 Å². The Balaban J connectivity index is 1.58. The van der Waals surface area contributed by atoms with E-state index in [2.05, 4.69) is 17.1 Å². The molecule has 3 aromatic rings. The van der Waals surface area contributed by atoms with Crippen molar-refractivity contribution in [3.05, 3.63) is 76.2 Å². The Hall–Kier alpha value is -2.96. The van der Waals surface area contributed by atoms with E-state index in [4.69, 9.17) is 4.74 Å². The number of ether oxygens (including phenoxy) is 1. The molecule has 154 valence electrons. The maximum atomic E-state index is 12.9. The van der Waals surface area contributed by atoms with E-state index in [1.165, 1.54) is 18.4 Å². The third kappa shape index (κ3) is 4.01. The van der Waals surface area contributed by atoms with Crippen molar-refractivity contribution in [1.29, 1.82) is 0 Å². The first kappa shape index (κ1) is 20.3. The van der Waals surface area contributed by atoms with E-state index in [-0.39, 0.29) is 5.91 Å². The summed E-state index contributed by atoms with van der Waals surface area (Å²) in [5, 5.41) is 3.52. The minimum atomic E-state index is -0.396. The Kier molecular flexibility index (Phi) is 5.97. The van der Waals surface area contributed by atoms with Gasteiger partial charge in [0.15, 0.2) is 0 Å². The second-order valence-electron chi connectivity index (χ2n) is 7.22. The van der Waals surface area contributed by atoms with Crippen LogP contribution in [-0.2, 0) is 17.7 Å². The second kappa shape index (κ2) is 8.81. The average Bonchev–Trinajstić information content (AvgIpc) is 3.16. The van der Waals surface area contributed by atoms with Crippen LogP contribution in [0.2, 0.25) is 0 Å². The number of carbonyl (C=O) groups excluding carboxylic acids is 2. The molecule has 1 aliphatic heterocycles. The van der Waals surface area contributed by atoms with Gasteiger partial charge >= 0.3 is 5.97 Å². The number of amides is 1. The van der Waals surface area contributed by atoms with E-state index >= 15 is 0 Å². The number of hydrogen-bond donors (Lipinski definition) is 1. The number of esters is 1. The highest BCUT2D eigenvalue weighted by molar-refractivity contribution is 7.17. The Morgan fingerprint density at radius 2 is 1.77 bits per heavy atom. The van der Waals surface area contributed by atoms with Gasteiger partial charge in [0.1, 0.15) is 5.00 Å². The SMILES string of the molecule is CCN1CCc2c(sc(NC(=O)c3ccc(-c4ccccc4)cc3)c2C(=O)OC)C1. The molecule has 0 saturated carbocycles. The average molecular weight is 421 g/mol. The van der Waals surface area contributed by atoms with E-state index in [0.29, 0.717) is 16.1 Å². The third-order valence-corrected chi connectivity index (χ3v) is 6.59. The highest BCUT2D eigenvalue weighted by atomic mass is 32.1. The Labute approximate surface area is 180 Å². The van der Waals surface area contributed by atoms with Crippen LogP contribution in [0.3, 0.4) is 0 Å². The van der Waals surface area contributed by atoms with Crippen molar-refractivity contribution in [2.24, 2.45) is 0 Å². The molecule has 0 atom stereocenters. The molecule has 5 nitrogen and oxygen atoms in total. The van der Waals surface area contributed by atoms with Gasteiger partial charge in [0.05, 0.1) is 12.7 Å². The number of hydrogen-bond acceptors (Lipinski definition) is 5. The topological polar surface area (TPSA) is 58.6 Å². The second-order valence-corrected chi connectivity index (χ2v) is 8.32. The van der Waals surface area contributed by atoms with Crippen molar-refractivity contribution in [3.8, 4) is 11.1 Å². The maximum absolute atomic E-state index is 12.9. The zero-order valence-electron chi connectivity index (χ0n) is 17.1. The minimum Gasteiger partial charge on any atom is -0.465 e. The van der Waals surface area contributed by atoms with Gasteiger partial charge in [-0.15, -0.1) is 11.3 Å². The van der Waals surface area contributed by atoms with Crippen LogP contribution in [0.1, 0.15) is 38.1 Å². The maximum Gasteiger partial charge on any atom is 0.341 e. The molecule has 0 fully saturated rings. The van der Waals surface area contributed by atoms with Crippen LogP contribution in [0, 0.1) is 0 Å². The fourth-order valence-electron chi connectivity index (χ4n) is 3.75. The predicted octanol–water partition coefficient (Wildman–Crippen LogP) is 4.83. The Morgan fingerprint density at radius 1 is 1.07 bits per heavy atom. The molecule has 0 bridgehead atoms. The Bertz CT molecular complexity index is 1060. The number of benzene rings is 2. The monoisotopic (exact) mass is 420 g/mol. The normalized spacial score (nSPS) is 13.5. The standard InChI is InChI=1S/C24H24N2O3S/c1-3-26-14-13-19-20(15-26)30-23(21(19)24(28)29-2)25-22(27)18-11-9-17(10-12-18)16-7-5-4-6-8-16/h4-12H,3,13-15H2,1-2H3,(H,25,27). The van der Waals surface area contributed by atoms with Crippen LogP contribution in [0.5, 0.6) is 0 Å². The third-order valence-electron chi connectivity index (χ3n) is 5.45. The molecular weight excluding hydrogens is 396 g/mol. The molecule has 0 spiro atoms. The minimum absolute atomic E-state index is 0.231. The number of nitrogens with zero attached hydrogens (tertiary/aromatic N) is 1. The van der Waals surface area contributed by atoms with Crippen molar-refractivity contribution in [1.82, 2.24) is 4.90 Å². The lowest BCUT2D eigenvalue weighted by Crippen LogP contribution is -2.29. The van der Waals surface area contributed by atoms with Crippen LogP contribution in [0.25, 0.3) is 11.1 Å². The fraction of sp³-hybridized carbons (Fsp3) is 0.250. The first-order valence-electron chi connectivity index (χ1n) is 10.0. The van der Waals surface area contributed by atoms with Crippen LogP contribution < -0.4 is 5.32 Å². The van der Waals surface area contributed by atoms with Gasteiger partial charge in [-0.2, -0.15) is 0 Å². The zero-order valence-corrected chi connectivity index (χ0v) is 17.9. The van der Waals surface area contributed by atoms with E-state index in [9.17, 15) is 9.59 Å². The van der Waals surface area contributed by atoms with Gasteiger partial charge in [-0.3, -0.25) is 9.69 Å². The molecule has 0 unspecified atom stereocenters. The summed E-state index contributed by atoms with van der Waals surface area (Å²) in [4.78, 5) is 28.8. The fourth-order valence-corrected chi connectivity index (χ4v) is 5.03. The van der Waals surface area contributed by atoms with Crippen molar-refractivity contribution >= 4 is 28.2 Å².